The van der Waals surface area contributed by atoms with Gasteiger partial charge in [0, 0.05) is 32.7 Å². The molecular weight excluding hydrogens is 182 g/mol. The molecule has 1 unspecified atom stereocenters. The lowest BCUT2D eigenvalue weighted by atomic mass is 10.2. The van der Waals surface area contributed by atoms with Gasteiger partial charge >= 0.3 is 0 Å². The highest BCUT2D eigenvalue weighted by Gasteiger charge is 2.21. The lowest BCUT2D eigenvalue weighted by molar-refractivity contribution is -0.124. The standard InChI is InChI=1S/C9H17N3O2/c13-9-7-12(3-1-11-9)6-8-5-10-2-4-14-8/h8,10H,1-7H2,(H,11,13). The number of hydrogen-bond acceptors (Lipinski definition) is 4. The van der Waals surface area contributed by atoms with Gasteiger partial charge in [-0.3, -0.25) is 9.69 Å². The Balaban J connectivity index is 1.75. The number of nitrogens with zero attached hydrogens (tertiary/aromatic N) is 1. The van der Waals surface area contributed by atoms with Gasteiger partial charge in [-0.25, -0.2) is 0 Å². The average Bonchev–Trinajstić information content (AvgIpc) is 2.19. The van der Waals surface area contributed by atoms with Crippen molar-refractivity contribution < 1.29 is 9.53 Å². The first kappa shape index (κ1) is 9.89. The van der Waals surface area contributed by atoms with Crippen molar-refractivity contribution in [1.29, 1.82) is 0 Å². The Morgan fingerprint density at radius 2 is 2.43 bits per heavy atom. The summed E-state index contributed by atoms with van der Waals surface area (Å²) in [5.74, 6) is 0.125. The predicted molar refractivity (Wildman–Crippen MR) is 52.1 cm³/mol. The molecule has 2 heterocycles. The van der Waals surface area contributed by atoms with E-state index in [9.17, 15) is 4.79 Å². The quantitative estimate of drug-likeness (QED) is 0.563. The molecule has 14 heavy (non-hydrogen) atoms. The van der Waals surface area contributed by atoms with Gasteiger partial charge in [0.05, 0.1) is 19.3 Å². The van der Waals surface area contributed by atoms with Gasteiger partial charge in [0.15, 0.2) is 0 Å². The van der Waals surface area contributed by atoms with Crippen molar-refractivity contribution >= 4 is 5.91 Å². The van der Waals surface area contributed by atoms with Crippen LogP contribution in [0.15, 0.2) is 0 Å². The molecular formula is C9H17N3O2. The average molecular weight is 199 g/mol. The van der Waals surface area contributed by atoms with Gasteiger partial charge in [0.25, 0.3) is 0 Å². The topological polar surface area (TPSA) is 53.6 Å². The summed E-state index contributed by atoms with van der Waals surface area (Å²) in [5.41, 5.74) is 0. The van der Waals surface area contributed by atoms with E-state index in [1.54, 1.807) is 0 Å². The van der Waals surface area contributed by atoms with Gasteiger partial charge in [-0.2, -0.15) is 0 Å². The van der Waals surface area contributed by atoms with Crippen LogP contribution in [0.1, 0.15) is 0 Å². The summed E-state index contributed by atoms with van der Waals surface area (Å²) < 4.78 is 5.58. The Hall–Kier alpha value is -0.650. The maximum Gasteiger partial charge on any atom is 0.234 e. The molecule has 0 aromatic heterocycles. The highest BCUT2D eigenvalue weighted by molar-refractivity contribution is 5.78. The molecule has 0 bridgehead atoms. The molecule has 2 N–H and O–H groups in total. The Morgan fingerprint density at radius 3 is 3.14 bits per heavy atom. The van der Waals surface area contributed by atoms with E-state index in [2.05, 4.69) is 15.5 Å². The number of ether oxygens (including phenoxy) is 1. The number of carbonyl (C=O) groups excluding carboxylic acids is 1. The largest absolute Gasteiger partial charge is 0.374 e. The van der Waals surface area contributed by atoms with Gasteiger partial charge in [0.2, 0.25) is 5.91 Å². The van der Waals surface area contributed by atoms with Gasteiger partial charge in [-0.1, -0.05) is 0 Å². The second-order valence-corrected chi connectivity index (χ2v) is 3.78. The summed E-state index contributed by atoms with van der Waals surface area (Å²) >= 11 is 0. The maximum atomic E-state index is 11.1. The van der Waals surface area contributed by atoms with Crippen molar-refractivity contribution in [3.63, 3.8) is 0 Å². The minimum absolute atomic E-state index is 0.125. The maximum absolute atomic E-state index is 11.1. The minimum Gasteiger partial charge on any atom is -0.374 e. The van der Waals surface area contributed by atoms with E-state index < -0.39 is 0 Å². The normalized spacial score (nSPS) is 30.0. The van der Waals surface area contributed by atoms with Crippen LogP contribution in [-0.2, 0) is 9.53 Å². The molecule has 2 rings (SSSR count). The van der Waals surface area contributed by atoms with Crippen molar-refractivity contribution in [3.05, 3.63) is 0 Å². The predicted octanol–water partition coefficient (Wildman–Crippen LogP) is -1.59. The summed E-state index contributed by atoms with van der Waals surface area (Å²) in [6, 6.07) is 0. The SMILES string of the molecule is O=C1CN(CC2CNCCO2)CCN1. The summed E-state index contributed by atoms with van der Waals surface area (Å²) in [6.07, 6.45) is 0.245. The van der Waals surface area contributed by atoms with Crippen LogP contribution in [0.4, 0.5) is 0 Å². The first-order valence-corrected chi connectivity index (χ1v) is 5.16. The number of morpholine rings is 1. The fourth-order valence-electron chi connectivity index (χ4n) is 1.87. The molecule has 0 radical (unpaired) electrons. The highest BCUT2D eigenvalue weighted by atomic mass is 16.5. The lowest BCUT2D eigenvalue weighted by Gasteiger charge is -2.32. The minimum atomic E-state index is 0.125. The molecule has 5 heteroatoms. The number of piperazine rings is 1. The van der Waals surface area contributed by atoms with Crippen LogP contribution in [0.2, 0.25) is 0 Å². The molecule has 0 saturated carbocycles. The highest BCUT2D eigenvalue weighted by Crippen LogP contribution is 2.01. The summed E-state index contributed by atoms with van der Waals surface area (Å²) in [6.45, 7) is 5.70. The molecule has 1 atom stereocenters. The van der Waals surface area contributed by atoms with Gasteiger partial charge in [-0.15, -0.1) is 0 Å². The second kappa shape index (κ2) is 4.72. The molecule has 2 aliphatic heterocycles. The molecule has 0 spiro atoms. The fourth-order valence-corrected chi connectivity index (χ4v) is 1.87. The van der Waals surface area contributed by atoms with Gasteiger partial charge in [0.1, 0.15) is 0 Å². The van der Waals surface area contributed by atoms with E-state index in [0.717, 1.165) is 39.3 Å². The molecule has 1 amide bonds. The molecule has 0 aromatic carbocycles. The van der Waals surface area contributed by atoms with E-state index in [1.165, 1.54) is 0 Å². The van der Waals surface area contributed by atoms with Crippen LogP contribution < -0.4 is 10.6 Å². The number of nitrogens with one attached hydrogen (secondary N) is 2. The monoisotopic (exact) mass is 199 g/mol. The van der Waals surface area contributed by atoms with Gasteiger partial charge in [-0.05, 0) is 0 Å². The molecule has 80 valence electrons. The van der Waals surface area contributed by atoms with Crippen LogP contribution in [0, 0.1) is 0 Å². The number of rotatable bonds is 2. The van der Waals surface area contributed by atoms with Crippen molar-refractivity contribution in [2.75, 3.05) is 45.9 Å². The lowest BCUT2D eigenvalue weighted by Crippen LogP contribution is -2.52. The van der Waals surface area contributed by atoms with Crippen LogP contribution in [-0.4, -0.2) is 62.8 Å². The fraction of sp³-hybridized carbons (Fsp3) is 0.889. The number of amides is 1. The van der Waals surface area contributed by atoms with E-state index >= 15 is 0 Å². The zero-order chi connectivity index (χ0) is 9.80. The number of hydrogen-bond donors (Lipinski definition) is 2. The van der Waals surface area contributed by atoms with Crippen LogP contribution in [0.25, 0.3) is 0 Å². The van der Waals surface area contributed by atoms with E-state index in [1.807, 2.05) is 0 Å². The number of carbonyl (C=O) groups is 1. The Labute approximate surface area is 83.8 Å². The van der Waals surface area contributed by atoms with Crippen LogP contribution in [0.3, 0.4) is 0 Å². The van der Waals surface area contributed by atoms with Gasteiger partial charge < -0.3 is 15.4 Å². The Morgan fingerprint density at radius 1 is 1.50 bits per heavy atom. The first-order valence-electron chi connectivity index (χ1n) is 5.16. The summed E-state index contributed by atoms with van der Waals surface area (Å²) in [4.78, 5) is 13.3. The summed E-state index contributed by atoms with van der Waals surface area (Å²) in [7, 11) is 0. The van der Waals surface area contributed by atoms with E-state index in [4.69, 9.17) is 4.74 Å². The summed E-state index contributed by atoms with van der Waals surface area (Å²) in [5, 5.41) is 6.10. The molecule has 2 saturated heterocycles. The zero-order valence-corrected chi connectivity index (χ0v) is 8.29. The van der Waals surface area contributed by atoms with Crippen molar-refractivity contribution in [2.45, 2.75) is 6.10 Å². The third kappa shape index (κ3) is 2.67. The molecule has 0 aromatic rings. The third-order valence-electron chi connectivity index (χ3n) is 2.58. The first-order chi connectivity index (χ1) is 6.84. The van der Waals surface area contributed by atoms with Crippen molar-refractivity contribution in [3.8, 4) is 0 Å². The smallest absolute Gasteiger partial charge is 0.234 e. The molecule has 5 nitrogen and oxygen atoms in total. The third-order valence-corrected chi connectivity index (χ3v) is 2.58. The molecule has 2 aliphatic rings. The van der Waals surface area contributed by atoms with E-state index in [0.29, 0.717) is 6.54 Å². The second-order valence-electron chi connectivity index (χ2n) is 3.78. The van der Waals surface area contributed by atoms with Crippen LogP contribution >= 0.6 is 0 Å². The van der Waals surface area contributed by atoms with Crippen molar-refractivity contribution in [2.24, 2.45) is 0 Å². The molecule has 0 aliphatic carbocycles. The van der Waals surface area contributed by atoms with E-state index in [-0.39, 0.29) is 12.0 Å². The van der Waals surface area contributed by atoms with Crippen molar-refractivity contribution in [1.82, 2.24) is 15.5 Å². The van der Waals surface area contributed by atoms with Crippen LogP contribution in [0.5, 0.6) is 0 Å². The molecule has 2 fully saturated rings. The Kier molecular flexibility index (Phi) is 3.34. The zero-order valence-electron chi connectivity index (χ0n) is 8.29. The Bertz CT molecular complexity index is 204.